The molecule has 3 aromatic rings. The highest BCUT2D eigenvalue weighted by Crippen LogP contribution is 2.14. The maximum Gasteiger partial charge on any atom is 0.141 e. The lowest BCUT2D eigenvalue weighted by molar-refractivity contribution is 0.242. The number of imidazole rings is 1. The van der Waals surface area contributed by atoms with Crippen LogP contribution in [0.3, 0.4) is 0 Å². The van der Waals surface area contributed by atoms with Crippen molar-refractivity contribution in [2.75, 3.05) is 0 Å². The van der Waals surface area contributed by atoms with E-state index in [0.29, 0.717) is 0 Å². The lowest BCUT2D eigenvalue weighted by atomic mass is 10.2. The van der Waals surface area contributed by atoms with E-state index in [9.17, 15) is 0 Å². The molecule has 0 saturated carbocycles. The van der Waals surface area contributed by atoms with E-state index in [4.69, 9.17) is 4.74 Å². The van der Waals surface area contributed by atoms with E-state index >= 15 is 0 Å². The molecule has 2 heterocycles. The second kappa shape index (κ2) is 6.62. The Morgan fingerprint density at radius 2 is 1.91 bits per heavy atom. The van der Waals surface area contributed by atoms with Gasteiger partial charge in [0, 0.05) is 37.2 Å². The Balaban J connectivity index is 1.58. The van der Waals surface area contributed by atoms with Crippen LogP contribution in [0.2, 0.25) is 0 Å². The number of fused-ring (bicyclic) bond motifs is 1. The summed E-state index contributed by atoms with van der Waals surface area (Å²) in [5, 5.41) is 3.47. The van der Waals surface area contributed by atoms with Gasteiger partial charge in [0.15, 0.2) is 0 Å². The Kier molecular flexibility index (Phi) is 4.39. The summed E-state index contributed by atoms with van der Waals surface area (Å²) in [6.45, 7) is 5.69. The number of hydrogen-bond acceptors (Lipinski definition) is 3. The van der Waals surface area contributed by atoms with Crippen molar-refractivity contribution in [3.63, 3.8) is 0 Å². The van der Waals surface area contributed by atoms with E-state index in [1.165, 1.54) is 11.1 Å². The van der Waals surface area contributed by atoms with Gasteiger partial charge in [0.25, 0.3) is 0 Å². The first-order valence-electron chi connectivity index (χ1n) is 7.59. The molecule has 3 rings (SSSR count). The van der Waals surface area contributed by atoms with Gasteiger partial charge in [0.1, 0.15) is 11.4 Å². The highest BCUT2D eigenvalue weighted by molar-refractivity contribution is 5.47. The minimum atomic E-state index is 0.207. The van der Waals surface area contributed by atoms with Crippen LogP contribution in [-0.4, -0.2) is 15.5 Å². The fraction of sp³-hybridized carbons (Fsp3) is 0.278. The number of nitrogens with one attached hydrogen (secondary N) is 1. The van der Waals surface area contributed by atoms with Crippen LogP contribution < -0.4 is 10.1 Å². The number of rotatable bonds is 6. The maximum atomic E-state index is 5.65. The van der Waals surface area contributed by atoms with Crippen molar-refractivity contribution in [1.29, 1.82) is 0 Å². The zero-order chi connectivity index (χ0) is 15.4. The number of benzene rings is 1. The molecule has 0 spiro atoms. The van der Waals surface area contributed by atoms with Crippen LogP contribution in [-0.2, 0) is 13.1 Å². The molecule has 4 nitrogen and oxygen atoms in total. The topological polar surface area (TPSA) is 38.6 Å². The smallest absolute Gasteiger partial charge is 0.141 e. The Bertz CT molecular complexity index is 731. The quantitative estimate of drug-likeness (QED) is 0.757. The van der Waals surface area contributed by atoms with Gasteiger partial charge in [0.05, 0.1) is 6.10 Å². The average molecular weight is 295 g/mol. The number of ether oxygens (including phenoxy) is 1. The van der Waals surface area contributed by atoms with E-state index in [1.54, 1.807) is 0 Å². The van der Waals surface area contributed by atoms with Gasteiger partial charge in [-0.2, -0.15) is 0 Å². The summed E-state index contributed by atoms with van der Waals surface area (Å²) in [6, 6.07) is 12.4. The highest BCUT2D eigenvalue weighted by Gasteiger charge is 2.02. The molecule has 4 heteroatoms. The van der Waals surface area contributed by atoms with E-state index in [2.05, 4.69) is 28.5 Å². The molecular formula is C18H21N3O. The van der Waals surface area contributed by atoms with Crippen LogP contribution >= 0.6 is 0 Å². The standard InChI is InChI=1S/C18H21N3O/c1-14(2)22-17-7-5-15(6-8-17)12-19-13-16-4-3-10-21-11-9-20-18(16)21/h3-11,14,19H,12-13H2,1-2H3. The predicted molar refractivity (Wildman–Crippen MR) is 87.9 cm³/mol. The number of pyridine rings is 1. The molecule has 0 aliphatic heterocycles. The third kappa shape index (κ3) is 3.46. The molecule has 0 fully saturated rings. The summed E-state index contributed by atoms with van der Waals surface area (Å²) in [7, 11) is 0. The number of hydrogen-bond donors (Lipinski definition) is 1. The van der Waals surface area contributed by atoms with Crippen molar-refractivity contribution in [1.82, 2.24) is 14.7 Å². The van der Waals surface area contributed by atoms with Gasteiger partial charge in [-0.05, 0) is 37.6 Å². The van der Waals surface area contributed by atoms with Gasteiger partial charge in [-0.1, -0.05) is 18.2 Å². The normalized spacial score (nSPS) is 11.2. The van der Waals surface area contributed by atoms with Gasteiger partial charge in [-0.3, -0.25) is 0 Å². The first kappa shape index (κ1) is 14.6. The molecule has 1 N–H and O–H groups in total. The Morgan fingerprint density at radius 3 is 2.68 bits per heavy atom. The van der Waals surface area contributed by atoms with Gasteiger partial charge in [-0.15, -0.1) is 0 Å². The molecule has 0 amide bonds. The van der Waals surface area contributed by atoms with Gasteiger partial charge in [-0.25, -0.2) is 4.98 Å². The Hall–Kier alpha value is -2.33. The van der Waals surface area contributed by atoms with Crippen molar-refractivity contribution in [3.8, 4) is 5.75 Å². The van der Waals surface area contributed by atoms with Crippen LogP contribution in [0.1, 0.15) is 25.0 Å². The first-order valence-corrected chi connectivity index (χ1v) is 7.59. The molecule has 0 bridgehead atoms. The molecule has 114 valence electrons. The fourth-order valence-corrected chi connectivity index (χ4v) is 2.45. The SMILES string of the molecule is CC(C)Oc1ccc(CNCc2cccn3ccnc23)cc1. The van der Waals surface area contributed by atoms with Crippen LogP contribution in [0.15, 0.2) is 55.0 Å². The molecule has 0 radical (unpaired) electrons. The van der Waals surface area contributed by atoms with E-state index in [1.807, 2.05) is 55.0 Å². The minimum absolute atomic E-state index is 0.207. The largest absolute Gasteiger partial charge is 0.491 e. The summed E-state index contributed by atoms with van der Waals surface area (Å²) in [6.07, 6.45) is 6.01. The van der Waals surface area contributed by atoms with Crippen LogP contribution in [0.5, 0.6) is 5.75 Å². The third-order valence-corrected chi connectivity index (χ3v) is 3.44. The Morgan fingerprint density at radius 1 is 1.09 bits per heavy atom. The minimum Gasteiger partial charge on any atom is -0.491 e. The van der Waals surface area contributed by atoms with E-state index in [-0.39, 0.29) is 6.10 Å². The zero-order valence-corrected chi connectivity index (χ0v) is 13.0. The van der Waals surface area contributed by atoms with Crippen LogP contribution in [0.25, 0.3) is 5.65 Å². The van der Waals surface area contributed by atoms with Gasteiger partial charge < -0.3 is 14.5 Å². The van der Waals surface area contributed by atoms with E-state index < -0.39 is 0 Å². The number of nitrogens with zero attached hydrogens (tertiary/aromatic N) is 2. The molecule has 0 aliphatic rings. The fourth-order valence-electron chi connectivity index (χ4n) is 2.45. The van der Waals surface area contributed by atoms with Gasteiger partial charge >= 0.3 is 0 Å². The summed E-state index contributed by atoms with van der Waals surface area (Å²) in [5.41, 5.74) is 3.45. The molecule has 22 heavy (non-hydrogen) atoms. The second-order valence-electron chi connectivity index (χ2n) is 5.61. The lowest BCUT2D eigenvalue weighted by Gasteiger charge is -2.10. The van der Waals surface area contributed by atoms with Crippen molar-refractivity contribution >= 4 is 5.65 Å². The molecule has 2 aromatic heterocycles. The second-order valence-corrected chi connectivity index (χ2v) is 5.61. The zero-order valence-electron chi connectivity index (χ0n) is 13.0. The molecule has 0 aliphatic carbocycles. The molecule has 1 aromatic carbocycles. The molecule has 0 saturated heterocycles. The van der Waals surface area contributed by atoms with Crippen molar-refractivity contribution in [2.24, 2.45) is 0 Å². The van der Waals surface area contributed by atoms with Crippen LogP contribution in [0.4, 0.5) is 0 Å². The monoisotopic (exact) mass is 295 g/mol. The van der Waals surface area contributed by atoms with Crippen molar-refractivity contribution in [3.05, 3.63) is 66.1 Å². The Labute approximate surface area is 130 Å². The van der Waals surface area contributed by atoms with Crippen LogP contribution in [0, 0.1) is 0 Å². The maximum absolute atomic E-state index is 5.65. The van der Waals surface area contributed by atoms with Gasteiger partial charge in [0.2, 0.25) is 0 Å². The average Bonchev–Trinajstić information content (AvgIpc) is 2.98. The summed E-state index contributed by atoms with van der Waals surface area (Å²) >= 11 is 0. The third-order valence-electron chi connectivity index (χ3n) is 3.44. The highest BCUT2D eigenvalue weighted by atomic mass is 16.5. The van der Waals surface area contributed by atoms with Crippen molar-refractivity contribution in [2.45, 2.75) is 33.0 Å². The molecule has 0 unspecified atom stereocenters. The number of aromatic nitrogens is 2. The first-order chi connectivity index (χ1) is 10.7. The summed E-state index contributed by atoms with van der Waals surface area (Å²) < 4.78 is 7.69. The molecule has 0 atom stereocenters. The predicted octanol–water partition coefficient (Wildman–Crippen LogP) is 3.41. The summed E-state index contributed by atoms with van der Waals surface area (Å²) in [5.74, 6) is 0.918. The molecular weight excluding hydrogens is 274 g/mol. The lowest BCUT2D eigenvalue weighted by Crippen LogP contribution is -2.13. The van der Waals surface area contributed by atoms with Crippen molar-refractivity contribution < 1.29 is 4.74 Å². The summed E-state index contributed by atoms with van der Waals surface area (Å²) in [4.78, 5) is 4.39. The van der Waals surface area contributed by atoms with E-state index in [0.717, 1.165) is 24.5 Å².